The minimum absolute atomic E-state index is 0.125. The van der Waals surface area contributed by atoms with E-state index in [1.807, 2.05) is 18.2 Å². The molecule has 0 radical (unpaired) electrons. The topological polar surface area (TPSA) is 83.6 Å². The lowest BCUT2D eigenvalue weighted by Crippen LogP contribution is -2.47. The van der Waals surface area contributed by atoms with Crippen LogP contribution >= 0.6 is 0 Å². The van der Waals surface area contributed by atoms with Gasteiger partial charge in [-0.25, -0.2) is 9.48 Å². The standard InChI is InChI=1S/C18H25N5O3/c1-20(16(24)11-23-17(25)21(2)14-19-23)12-18(26)8-9-22(13-18)10-15-6-4-3-5-7-15/h3-7,14,26H,8-13H2,1-2H3/t18-/m0/s1. The molecule has 1 saturated heterocycles. The first-order chi connectivity index (χ1) is 12.4. The van der Waals surface area contributed by atoms with Crippen molar-refractivity contribution in [3.05, 3.63) is 52.7 Å². The summed E-state index contributed by atoms with van der Waals surface area (Å²) < 4.78 is 2.44. The molecule has 26 heavy (non-hydrogen) atoms. The molecule has 1 atom stereocenters. The van der Waals surface area contributed by atoms with E-state index >= 15 is 0 Å². The largest absolute Gasteiger partial charge is 0.387 e. The van der Waals surface area contributed by atoms with Gasteiger partial charge in [0, 0.05) is 33.7 Å². The highest BCUT2D eigenvalue weighted by atomic mass is 16.3. The van der Waals surface area contributed by atoms with E-state index in [0.29, 0.717) is 13.0 Å². The number of β-amino-alcohol motifs (C(OH)–C–C–N with tert-alkyl or cyclic N) is 1. The molecule has 0 spiro atoms. The summed E-state index contributed by atoms with van der Waals surface area (Å²) in [6.45, 7) is 2.19. The van der Waals surface area contributed by atoms with Crippen molar-refractivity contribution < 1.29 is 9.90 Å². The zero-order valence-corrected chi connectivity index (χ0v) is 15.2. The maximum absolute atomic E-state index is 12.4. The summed E-state index contributed by atoms with van der Waals surface area (Å²) in [4.78, 5) is 27.8. The first kappa shape index (κ1) is 18.3. The molecule has 8 heteroatoms. The lowest BCUT2D eigenvalue weighted by Gasteiger charge is -2.29. The average molecular weight is 359 g/mol. The number of rotatable bonds is 6. The number of aromatic nitrogens is 3. The Labute approximate surface area is 152 Å². The molecule has 0 saturated carbocycles. The van der Waals surface area contributed by atoms with E-state index in [2.05, 4.69) is 22.1 Å². The first-order valence-electron chi connectivity index (χ1n) is 8.67. The molecule has 1 aromatic heterocycles. The number of likely N-dealkylation sites (N-methyl/N-ethyl adjacent to an activating group) is 1. The summed E-state index contributed by atoms with van der Waals surface area (Å²) in [6.07, 6.45) is 1.99. The van der Waals surface area contributed by atoms with Crippen LogP contribution < -0.4 is 5.69 Å². The molecule has 2 heterocycles. The van der Waals surface area contributed by atoms with E-state index in [0.717, 1.165) is 17.8 Å². The summed E-state index contributed by atoms with van der Waals surface area (Å²) in [5.74, 6) is -0.249. The van der Waals surface area contributed by atoms with Crippen LogP contribution in [-0.4, -0.2) is 67.4 Å². The third-order valence-electron chi connectivity index (χ3n) is 4.79. The second kappa shape index (κ2) is 7.43. The highest BCUT2D eigenvalue weighted by molar-refractivity contribution is 5.75. The molecule has 1 aliphatic rings. The molecule has 1 aliphatic heterocycles. The molecule has 0 bridgehead atoms. The number of aliphatic hydroxyl groups is 1. The fourth-order valence-corrected chi connectivity index (χ4v) is 3.35. The van der Waals surface area contributed by atoms with Crippen LogP contribution in [0.25, 0.3) is 0 Å². The van der Waals surface area contributed by atoms with Gasteiger partial charge in [-0.2, -0.15) is 5.10 Å². The van der Waals surface area contributed by atoms with Gasteiger partial charge in [-0.05, 0) is 12.0 Å². The van der Waals surface area contributed by atoms with Gasteiger partial charge in [0.15, 0.2) is 0 Å². The molecule has 8 nitrogen and oxygen atoms in total. The third-order valence-corrected chi connectivity index (χ3v) is 4.79. The van der Waals surface area contributed by atoms with Crippen molar-refractivity contribution in [3.8, 4) is 0 Å². The summed E-state index contributed by atoms with van der Waals surface area (Å²) in [5.41, 5.74) is -0.0649. The highest BCUT2D eigenvalue weighted by Gasteiger charge is 2.37. The van der Waals surface area contributed by atoms with Gasteiger partial charge < -0.3 is 10.0 Å². The smallest absolute Gasteiger partial charge is 0.345 e. The molecule has 0 aliphatic carbocycles. The van der Waals surface area contributed by atoms with E-state index in [1.165, 1.54) is 21.4 Å². The van der Waals surface area contributed by atoms with Gasteiger partial charge in [-0.1, -0.05) is 30.3 Å². The zero-order valence-electron chi connectivity index (χ0n) is 15.2. The van der Waals surface area contributed by atoms with Crippen molar-refractivity contribution in [2.24, 2.45) is 7.05 Å². The van der Waals surface area contributed by atoms with Gasteiger partial charge in [0.2, 0.25) is 5.91 Å². The van der Waals surface area contributed by atoms with E-state index in [1.54, 1.807) is 14.1 Å². The number of amides is 1. The average Bonchev–Trinajstić information content (AvgIpc) is 3.12. The van der Waals surface area contributed by atoms with Crippen molar-refractivity contribution in [1.82, 2.24) is 24.1 Å². The fourth-order valence-electron chi connectivity index (χ4n) is 3.35. The second-order valence-electron chi connectivity index (χ2n) is 7.10. The number of nitrogens with zero attached hydrogens (tertiary/aromatic N) is 5. The Balaban J connectivity index is 1.55. The van der Waals surface area contributed by atoms with Crippen LogP contribution in [0.4, 0.5) is 0 Å². The van der Waals surface area contributed by atoms with Crippen LogP contribution in [0.15, 0.2) is 41.5 Å². The molecule has 1 fully saturated rings. The van der Waals surface area contributed by atoms with Gasteiger partial charge in [-0.3, -0.25) is 14.3 Å². The van der Waals surface area contributed by atoms with Crippen LogP contribution in [-0.2, 0) is 24.9 Å². The van der Waals surface area contributed by atoms with Crippen molar-refractivity contribution in [2.75, 3.05) is 26.7 Å². The molecule has 2 aromatic rings. The molecule has 0 unspecified atom stereocenters. The van der Waals surface area contributed by atoms with Crippen LogP contribution in [0.2, 0.25) is 0 Å². The first-order valence-corrected chi connectivity index (χ1v) is 8.67. The summed E-state index contributed by atoms with van der Waals surface area (Å²) in [5, 5.41) is 14.8. The molecule has 3 rings (SSSR count). The highest BCUT2D eigenvalue weighted by Crippen LogP contribution is 2.23. The van der Waals surface area contributed by atoms with Gasteiger partial charge >= 0.3 is 5.69 Å². The Morgan fingerprint density at radius 2 is 2.08 bits per heavy atom. The molecule has 1 N–H and O–H groups in total. The number of hydrogen-bond acceptors (Lipinski definition) is 5. The monoisotopic (exact) mass is 359 g/mol. The molecule has 1 amide bonds. The maximum atomic E-state index is 12.4. The van der Waals surface area contributed by atoms with E-state index in [4.69, 9.17) is 0 Å². The Kier molecular flexibility index (Phi) is 5.24. The number of hydrogen-bond donors (Lipinski definition) is 1. The molecule has 140 valence electrons. The van der Waals surface area contributed by atoms with Gasteiger partial charge in [0.25, 0.3) is 0 Å². The predicted octanol–water partition coefficient (Wildman–Crippen LogP) is -0.323. The van der Waals surface area contributed by atoms with E-state index < -0.39 is 5.60 Å². The lowest BCUT2D eigenvalue weighted by atomic mass is 10.0. The van der Waals surface area contributed by atoms with Crippen molar-refractivity contribution in [1.29, 1.82) is 0 Å². The molecular weight excluding hydrogens is 334 g/mol. The maximum Gasteiger partial charge on any atom is 0.345 e. The van der Waals surface area contributed by atoms with E-state index in [-0.39, 0.29) is 24.7 Å². The Morgan fingerprint density at radius 3 is 2.73 bits per heavy atom. The third kappa shape index (κ3) is 4.20. The van der Waals surface area contributed by atoms with Crippen LogP contribution in [0, 0.1) is 0 Å². The quantitative estimate of drug-likeness (QED) is 0.764. The Morgan fingerprint density at radius 1 is 1.35 bits per heavy atom. The number of carbonyl (C=O) groups is 1. The van der Waals surface area contributed by atoms with Crippen molar-refractivity contribution in [2.45, 2.75) is 25.1 Å². The number of aryl methyl sites for hydroxylation is 1. The number of carbonyl (C=O) groups excluding carboxylic acids is 1. The normalized spacial score (nSPS) is 20.4. The number of likely N-dealkylation sites (tertiary alicyclic amines) is 1. The predicted molar refractivity (Wildman–Crippen MR) is 96.4 cm³/mol. The molecule has 1 aromatic carbocycles. The van der Waals surface area contributed by atoms with Gasteiger partial charge in [-0.15, -0.1) is 0 Å². The Hall–Kier alpha value is -2.45. The number of benzene rings is 1. The molecular formula is C18H25N5O3. The SMILES string of the molecule is CN(C[C@@]1(O)CCN(Cc2ccccc2)C1)C(=O)Cn1ncn(C)c1=O. The zero-order chi connectivity index (χ0) is 18.7. The van der Waals surface area contributed by atoms with Crippen LogP contribution in [0.1, 0.15) is 12.0 Å². The Bertz CT molecular complexity index is 816. The minimum atomic E-state index is -0.936. The lowest BCUT2D eigenvalue weighted by molar-refractivity contribution is -0.133. The summed E-state index contributed by atoms with van der Waals surface area (Å²) >= 11 is 0. The summed E-state index contributed by atoms with van der Waals surface area (Å²) in [6, 6.07) is 10.1. The minimum Gasteiger partial charge on any atom is -0.387 e. The van der Waals surface area contributed by atoms with Crippen molar-refractivity contribution in [3.63, 3.8) is 0 Å². The second-order valence-corrected chi connectivity index (χ2v) is 7.10. The van der Waals surface area contributed by atoms with E-state index in [9.17, 15) is 14.7 Å². The summed E-state index contributed by atoms with van der Waals surface area (Å²) in [7, 11) is 3.23. The fraction of sp³-hybridized carbons (Fsp3) is 0.500. The van der Waals surface area contributed by atoms with Crippen molar-refractivity contribution >= 4 is 5.91 Å². The van der Waals surface area contributed by atoms with Crippen LogP contribution in [0.5, 0.6) is 0 Å². The van der Waals surface area contributed by atoms with Crippen LogP contribution in [0.3, 0.4) is 0 Å². The van der Waals surface area contributed by atoms with Gasteiger partial charge in [0.05, 0.1) is 12.1 Å². The van der Waals surface area contributed by atoms with Gasteiger partial charge in [0.1, 0.15) is 12.9 Å².